The summed E-state index contributed by atoms with van der Waals surface area (Å²) in [6.07, 6.45) is 1.59. The van der Waals surface area contributed by atoms with Crippen LogP contribution in [0.2, 0.25) is 0 Å². The molecule has 4 nitrogen and oxygen atoms in total. The van der Waals surface area contributed by atoms with E-state index in [1.807, 2.05) is 50.2 Å². The van der Waals surface area contributed by atoms with Crippen molar-refractivity contribution in [2.75, 3.05) is 11.9 Å². The van der Waals surface area contributed by atoms with Crippen molar-refractivity contribution in [1.29, 1.82) is 5.26 Å². The van der Waals surface area contributed by atoms with Crippen LogP contribution in [-0.4, -0.2) is 12.5 Å². The summed E-state index contributed by atoms with van der Waals surface area (Å²) < 4.78 is 5.40. The third-order valence-corrected chi connectivity index (χ3v) is 3.26. The normalized spacial score (nSPS) is 10.7. The first-order valence-corrected chi connectivity index (χ1v) is 7.35. The summed E-state index contributed by atoms with van der Waals surface area (Å²) in [4.78, 5) is 12.3. The Labute approximate surface area is 136 Å². The molecule has 2 rings (SSSR count). The molecule has 0 aromatic heterocycles. The Kier molecular flexibility index (Phi) is 5.54. The van der Waals surface area contributed by atoms with E-state index in [4.69, 9.17) is 4.74 Å². The summed E-state index contributed by atoms with van der Waals surface area (Å²) in [6.45, 7) is 4.38. The van der Waals surface area contributed by atoms with Gasteiger partial charge in [-0.3, -0.25) is 4.79 Å². The van der Waals surface area contributed by atoms with Gasteiger partial charge in [0.15, 0.2) is 0 Å². The van der Waals surface area contributed by atoms with Crippen LogP contribution in [0.3, 0.4) is 0 Å². The molecule has 2 aromatic rings. The van der Waals surface area contributed by atoms with Gasteiger partial charge in [0.05, 0.1) is 6.61 Å². The van der Waals surface area contributed by atoms with Crippen LogP contribution in [0.4, 0.5) is 5.69 Å². The summed E-state index contributed by atoms with van der Waals surface area (Å²) in [5, 5.41) is 12.0. The highest BCUT2D eigenvalue weighted by Gasteiger charge is 2.10. The molecule has 23 heavy (non-hydrogen) atoms. The van der Waals surface area contributed by atoms with E-state index >= 15 is 0 Å². The van der Waals surface area contributed by atoms with Gasteiger partial charge in [-0.05, 0) is 43.2 Å². The highest BCUT2D eigenvalue weighted by atomic mass is 16.5. The van der Waals surface area contributed by atoms with Gasteiger partial charge in [-0.15, -0.1) is 0 Å². The molecule has 0 saturated carbocycles. The lowest BCUT2D eigenvalue weighted by Gasteiger charge is -2.08. The molecule has 0 saturated heterocycles. The number of aryl methyl sites for hydroxylation is 1. The Morgan fingerprint density at radius 2 is 2.04 bits per heavy atom. The molecule has 0 unspecified atom stereocenters. The van der Waals surface area contributed by atoms with Crippen molar-refractivity contribution >= 4 is 17.7 Å². The van der Waals surface area contributed by atoms with Gasteiger partial charge in [0.1, 0.15) is 17.4 Å². The Morgan fingerprint density at radius 1 is 1.26 bits per heavy atom. The summed E-state index contributed by atoms with van der Waals surface area (Å²) in [6, 6.07) is 16.6. The lowest BCUT2D eigenvalue weighted by molar-refractivity contribution is -0.112. The van der Waals surface area contributed by atoms with Gasteiger partial charge < -0.3 is 10.1 Å². The highest BCUT2D eigenvalue weighted by molar-refractivity contribution is 6.09. The maximum atomic E-state index is 12.3. The zero-order valence-electron chi connectivity index (χ0n) is 13.2. The number of nitriles is 1. The molecule has 0 heterocycles. The molecule has 0 spiro atoms. The molecular weight excluding hydrogens is 288 g/mol. The predicted octanol–water partition coefficient (Wildman–Crippen LogP) is 3.94. The topological polar surface area (TPSA) is 62.1 Å². The number of hydrogen-bond donors (Lipinski definition) is 1. The quantitative estimate of drug-likeness (QED) is 0.672. The number of rotatable bonds is 5. The predicted molar refractivity (Wildman–Crippen MR) is 91.0 cm³/mol. The van der Waals surface area contributed by atoms with E-state index in [1.54, 1.807) is 24.3 Å². The van der Waals surface area contributed by atoms with E-state index in [9.17, 15) is 10.1 Å². The maximum Gasteiger partial charge on any atom is 0.266 e. The number of benzene rings is 2. The summed E-state index contributed by atoms with van der Waals surface area (Å²) in [5.41, 5.74) is 2.50. The molecule has 0 aliphatic rings. The average molecular weight is 306 g/mol. The molecule has 116 valence electrons. The highest BCUT2D eigenvalue weighted by Crippen LogP contribution is 2.18. The van der Waals surface area contributed by atoms with Crippen molar-refractivity contribution in [3.63, 3.8) is 0 Å². The zero-order chi connectivity index (χ0) is 16.7. The number of hydrogen-bond acceptors (Lipinski definition) is 3. The fourth-order valence-corrected chi connectivity index (χ4v) is 2.08. The fourth-order valence-electron chi connectivity index (χ4n) is 2.08. The number of anilines is 1. The van der Waals surface area contributed by atoms with Gasteiger partial charge in [-0.2, -0.15) is 5.26 Å². The first-order chi connectivity index (χ1) is 11.1. The van der Waals surface area contributed by atoms with E-state index in [-0.39, 0.29) is 5.57 Å². The standard InChI is InChI=1S/C19H18N2O2/c1-3-23-18-10-6-9-17(12-18)21-19(22)16(13-20)11-15-8-5-4-7-14(15)2/h4-12H,3H2,1-2H3,(H,21,22)/b16-11+. The van der Waals surface area contributed by atoms with Crippen molar-refractivity contribution in [3.8, 4) is 11.8 Å². The number of carbonyl (C=O) groups is 1. The van der Waals surface area contributed by atoms with E-state index in [0.717, 1.165) is 11.1 Å². The number of nitrogens with one attached hydrogen (secondary N) is 1. The molecule has 4 heteroatoms. The molecule has 1 amide bonds. The van der Waals surface area contributed by atoms with Crippen molar-refractivity contribution < 1.29 is 9.53 Å². The minimum atomic E-state index is -0.440. The third kappa shape index (κ3) is 4.45. The molecule has 1 N–H and O–H groups in total. The largest absolute Gasteiger partial charge is 0.494 e. The molecule has 0 radical (unpaired) electrons. The molecule has 0 bridgehead atoms. The Balaban J connectivity index is 2.20. The molecule has 2 aromatic carbocycles. The van der Waals surface area contributed by atoms with Crippen molar-refractivity contribution in [3.05, 3.63) is 65.2 Å². The first-order valence-electron chi connectivity index (χ1n) is 7.35. The lowest BCUT2D eigenvalue weighted by atomic mass is 10.1. The van der Waals surface area contributed by atoms with E-state index in [1.165, 1.54) is 0 Å². The first kappa shape index (κ1) is 16.3. The maximum absolute atomic E-state index is 12.3. The zero-order valence-corrected chi connectivity index (χ0v) is 13.2. The van der Waals surface area contributed by atoms with Crippen LogP contribution in [-0.2, 0) is 4.79 Å². The van der Waals surface area contributed by atoms with Crippen LogP contribution in [0.1, 0.15) is 18.1 Å². The summed E-state index contributed by atoms with van der Waals surface area (Å²) >= 11 is 0. The second-order valence-electron chi connectivity index (χ2n) is 4.94. The Hall–Kier alpha value is -3.06. The molecular formula is C19H18N2O2. The minimum absolute atomic E-state index is 0.0566. The van der Waals surface area contributed by atoms with Crippen molar-refractivity contribution in [2.24, 2.45) is 0 Å². The van der Waals surface area contributed by atoms with Crippen LogP contribution in [0.5, 0.6) is 5.75 Å². The molecule has 0 aliphatic carbocycles. The number of ether oxygens (including phenoxy) is 1. The van der Waals surface area contributed by atoms with Crippen LogP contribution in [0.25, 0.3) is 6.08 Å². The van der Waals surface area contributed by atoms with Gasteiger partial charge >= 0.3 is 0 Å². The van der Waals surface area contributed by atoms with E-state index < -0.39 is 5.91 Å². The third-order valence-electron chi connectivity index (χ3n) is 3.26. The van der Waals surface area contributed by atoms with Gasteiger partial charge in [-0.25, -0.2) is 0 Å². The van der Waals surface area contributed by atoms with Gasteiger partial charge in [0.2, 0.25) is 0 Å². The summed E-state index contributed by atoms with van der Waals surface area (Å²) in [5.74, 6) is 0.232. The van der Waals surface area contributed by atoms with E-state index in [2.05, 4.69) is 5.32 Å². The van der Waals surface area contributed by atoms with Crippen LogP contribution < -0.4 is 10.1 Å². The smallest absolute Gasteiger partial charge is 0.266 e. The summed E-state index contributed by atoms with van der Waals surface area (Å²) in [7, 11) is 0. The fraction of sp³-hybridized carbons (Fsp3) is 0.158. The molecule has 0 atom stereocenters. The number of nitrogens with zero attached hydrogens (tertiary/aromatic N) is 1. The Morgan fingerprint density at radius 3 is 2.74 bits per heavy atom. The number of carbonyl (C=O) groups excluding carboxylic acids is 1. The van der Waals surface area contributed by atoms with Crippen molar-refractivity contribution in [2.45, 2.75) is 13.8 Å². The lowest BCUT2D eigenvalue weighted by Crippen LogP contribution is -2.13. The van der Waals surface area contributed by atoms with Crippen molar-refractivity contribution in [1.82, 2.24) is 0 Å². The van der Waals surface area contributed by atoms with Crippen LogP contribution in [0.15, 0.2) is 54.1 Å². The monoisotopic (exact) mass is 306 g/mol. The van der Waals surface area contributed by atoms with Crippen LogP contribution >= 0.6 is 0 Å². The van der Waals surface area contributed by atoms with Gasteiger partial charge in [0.25, 0.3) is 5.91 Å². The molecule has 0 fully saturated rings. The second kappa shape index (κ2) is 7.81. The second-order valence-corrected chi connectivity index (χ2v) is 4.94. The number of amides is 1. The van der Waals surface area contributed by atoms with Crippen LogP contribution in [0, 0.1) is 18.3 Å². The average Bonchev–Trinajstić information content (AvgIpc) is 2.54. The SMILES string of the molecule is CCOc1cccc(NC(=O)/C(C#N)=C/c2ccccc2C)c1. The van der Waals surface area contributed by atoms with Gasteiger partial charge in [-0.1, -0.05) is 30.3 Å². The van der Waals surface area contributed by atoms with Gasteiger partial charge in [0, 0.05) is 11.8 Å². The Bertz CT molecular complexity index is 773. The van der Waals surface area contributed by atoms with E-state index in [0.29, 0.717) is 18.0 Å². The molecule has 0 aliphatic heterocycles. The minimum Gasteiger partial charge on any atom is -0.494 e.